The lowest BCUT2D eigenvalue weighted by atomic mass is 10.2. The molecule has 0 spiro atoms. The van der Waals surface area contributed by atoms with Crippen molar-refractivity contribution in [2.45, 2.75) is 38.3 Å². The number of esters is 2. The van der Waals surface area contributed by atoms with E-state index in [2.05, 4.69) is 10.3 Å². The van der Waals surface area contributed by atoms with Gasteiger partial charge in [-0.25, -0.2) is 19.4 Å². The van der Waals surface area contributed by atoms with E-state index in [-0.39, 0.29) is 38.7 Å². The molecule has 1 amide bonds. The summed E-state index contributed by atoms with van der Waals surface area (Å²) in [6.07, 6.45) is -0.913. The van der Waals surface area contributed by atoms with Crippen LogP contribution in [0.1, 0.15) is 23.1 Å². The van der Waals surface area contributed by atoms with Crippen LogP contribution in [-0.4, -0.2) is 42.6 Å². The maximum atomic E-state index is 12.9. The molecule has 3 aromatic rings. The minimum atomic E-state index is -1.14. The Morgan fingerprint density at radius 2 is 1.26 bits per heavy atom. The largest absolute Gasteiger partial charge is 0.478 e. The first-order valence-electron chi connectivity index (χ1n) is 12.1. The fourth-order valence-electron chi connectivity index (χ4n) is 3.58. The van der Waals surface area contributed by atoms with Crippen molar-refractivity contribution in [1.82, 2.24) is 5.32 Å². The molecule has 1 N–H and O–H groups in total. The van der Waals surface area contributed by atoms with Crippen LogP contribution in [0.4, 0.5) is 4.79 Å². The number of ether oxygens (including phenoxy) is 4. The van der Waals surface area contributed by atoms with Crippen LogP contribution in [0, 0.1) is 0 Å². The Kier molecular flexibility index (Phi) is 9.45. The Labute approximate surface area is 220 Å². The van der Waals surface area contributed by atoms with Crippen molar-refractivity contribution in [2.75, 3.05) is 6.61 Å². The molecule has 0 fully saturated rings. The van der Waals surface area contributed by atoms with Crippen molar-refractivity contribution in [1.29, 1.82) is 0 Å². The minimum absolute atomic E-state index is 0.0206. The van der Waals surface area contributed by atoms with Crippen LogP contribution in [0.5, 0.6) is 0 Å². The zero-order valence-electron chi connectivity index (χ0n) is 20.7. The average Bonchev–Trinajstić information content (AvgIpc) is 3.43. The number of carbonyl (C=O) groups excluding carboxylic acids is 3. The molecule has 9 nitrogen and oxygen atoms in total. The fourth-order valence-corrected chi connectivity index (χ4v) is 3.58. The van der Waals surface area contributed by atoms with Gasteiger partial charge in [-0.2, -0.15) is 0 Å². The number of rotatable bonds is 11. The summed E-state index contributed by atoms with van der Waals surface area (Å²) in [6, 6.07) is 25.6. The molecule has 0 saturated heterocycles. The van der Waals surface area contributed by atoms with Gasteiger partial charge < -0.3 is 24.3 Å². The van der Waals surface area contributed by atoms with E-state index < -0.39 is 30.1 Å². The molecule has 38 heavy (non-hydrogen) atoms. The monoisotopic (exact) mass is 516 g/mol. The molecule has 0 saturated carbocycles. The average molecular weight is 517 g/mol. The second kappa shape index (κ2) is 13.6. The summed E-state index contributed by atoms with van der Waals surface area (Å²) in [4.78, 5) is 42.1. The molecule has 1 aliphatic heterocycles. The highest BCUT2D eigenvalue weighted by Crippen LogP contribution is 2.14. The van der Waals surface area contributed by atoms with Gasteiger partial charge in [0.2, 0.25) is 0 Å². The van der Waals surface area contributed by atoms with E-state index in [4.69, 9.17) is 18.9 Å². The molecule has 0 unspecified atom stereocenters. The molecular formula is C29H28N2O7. The number of hydrogen-bond acceptors (Lipinski definition) is 8. The number of amides is 1. The van der Waals surface area contributed by atoms with E-state index in [9.17, 15) is 14.4 Å². The van der Waals surface area contributed by atoms with Crippen LogP contribution in [0.25, 0.3) is 0 Å². The van der Waals surface area contributed by atoms with Gasteiger partial charge >= 0.3 is 18.0 Å². The SMILES string of the molecule is O=C(N[C@@H](CC1=N[C@H](C(=O)OCc2ccccc2)CO1)C(=O)OCc1ccccc1)OCc1ccccc1. The third-order valence-electron chi connectivity index (χ3n) is 5.60. The third-order valence-corrected chi connectivity index (χ3v) is 5.60. The first-order chi connectivity index (χ1) is 18.6. The van der Waals surface area contributed by atoms with Crippen LogP contribution in [-0.2, 0) is 48.4 Å². The van der Waals surface area contributed by atoms with Crippen molar-refractivity contribution >= 4 is 23.9 Å². The molecule has 3 aromatic carbocycles. The molecule has 1 heterocycles. The van der Waals surface area contributed by atoms with Gasteiger partial charge in [0.25, 0.3) is 0 Å². The summed E-state index contributed by atoms with van der Waals surface area (Å²) in [7, 11) is 0. The van der Waals surface area contributed by atoms with Gasteiger partial charge in [-0.05, 0) is 16.7 Å². The van der Waals surface area contributed by atoms with Gasteiger partial charge in [0.1, 0.15) is 32.5 Å². The van der Waals surface area contributed by atoms with Crippen molar-refractivity contribution in [3.8, 4) is 0 Å². The molecule has 1 aliphatic rings. The van der Waals surface area contributed by atoms with Crippen LogP contribution >= 0.6 is 0 Å². The van der Waals surface area contributed by atoms with Crippen molar-refractivity contribution in [2.24, 2.45) is 4.99 Å². The Hall–Kier alpha value is -4.66. The third kappa shape index (κ3) is 8.19. The number of alkyl carbamates (subject to hydrolysis) is 1. The number of hydrogen-bond donors (Lipinski definition) is 1. The fraction of sp³-hybridized carbons (Fsp3) is 0.241. The molecule has 2 atom stereocenters. The standard InChI is InChI=1S/C29H28N2O7/c32-27(36-17-21-10-4-1-5-11-21)24(31-29(34)38-19-23-14-8-3-9-15-23)16-26-30-25(20-35-26)28(33)37-18-22-12-6-2-7-13-22/h1-15,24-25H,16-20H2,(H,31,34)/t24-,25-/m0/s1. The van der Waals surface area contributed by atoms with Gasteiger partial charge in [-0.15, -0.1) is 0 Å². The summed E-state index contributed by atoms with van der Waals surface area (Å²) >= 11 is 0. The zero-order chi connectivity index (χ0) is 26.6. The van der Waals surface area contributed by atoms with E-state index >= 15 is 0 Å². The Bertz CT molecular complexity index is 1230. The second-order valence-electron chi connectivity index (χ2n) is 8.50. The highest BCUT2D eigenvalue weighted by Gasteiger charge is 2.32. The van der Waals surface area contributed by atoms with E-state index in [1.54, 1.807) is 0 Å². The maximum absolute atomic E-state index is 12.9. The van der Waals surface area contributed by atoms with Crippen LogP contribution in [0.2, 0.25) is 0 Å². The van der Waals surface area contributed by atoms with E-state index in [0.717, 1.165) is 16.7 Å². The number of nitrogens with one attached hydrogen (secondary N) is 1. The quantitative estimate of drug-likeness (QED) is 0.303. The van der Waals surface area contributed by atoms with E-state index in [1.807, 2.05) is 91.0 Å². The molecule has 0 aromatic heterocycles. The molecule has 196 valence electrons. The molecular weight excluding hydrogens is 488 g/mol. The highest BCUT2D eigenvalue weighted by molar-refractivity contribution is 5.91. The summed E-state index contributed by atoms with van der Waals surface area (Å²) in [5, 5.41) is 2.53. The summed E-state index contributed by atoms with van der Waals surface area (Å²) in [6.45, 7) is 0.154. The number of carbonyl (C=O) groups is 3. The smallest absolute Gasteiger partial charge is 0.408 e. The van der Waals surface area contributed by atoms with E-state index in [0.29, 0.717) is 0 Å². The zero-order valence-corrected chi connectivity index (χ0v) is 20.7. The lowest BCUT2D eigenvalue weighted by molar-refractivity contribution is -0.148. The van der Waals surface area contributed by atoms with Gasteiger partial charge in [0, 0.05) is 0 Å². The van der Waals surface area contributed by atoms with Crippen LogP contribution in [0.3, 0.4) is 0 Å². The minimum Gasteiger partial charge on any atom is -0.478 e. The van der Waals surface area contributed by atoms with Crippen molar-refractivity contribution in [3.05, 3.63) is 108 Å². The summed E-state index contributed by atoms with van der Waals surface area (Å²) < 4.78 is 21.5. The Morgan fingerprint density at radius 1 is 0.763 bits per heavy atom. The number of nitrogens with zero attached hydrogens (tertiary/aromatic N) is 1. The first kappa shape index (κ1) is 26.4. The van der Waals surface area contributed by atoms with E-state index in [1.165, 1.54) is 0 Å². The lowest BCUT2D eigenvalue weighted by Crippen LogP contribution is -2.43. The molecule has 0 bridgehead atoms. The predicted molar refractivity (Wildman–Crippen MR) is 138 cm³/mol. The Balaban J connectivity index is 1.35. The topological polar surface area (TPSA) is 113 Å². The van der Waals surface area contributed by atoms with Crippen molar-refractivity contribution < 1.29 is 33.3 Å². The first-order valence-corrected chi connectivity index (χ1v) is 12.1. The molecule has 0 radical (unpaired) electrons. The summed E-state index contributed by atoms with van der Waals surface area (Å²) in [5.74, 6) is -1.09. The highest BCUT2D eigenvalue weighted by atomic mass is 16.6. The number of benzene rings is 3. The molecule has 9 heteroatoms. The van der Waals surface area contributed by atoms with Gasteiger partial charge in [0.15, 0.2) is 11.9 Å². The maximum Gasteiger partial charge on any atom is 0.408 e. The molecule has 0 aliphatic carbocycles. The van der Waals surface area contributed by atoms with Crippen molar-refractivity contribution in [3.63, 3.8) is 0 Å². The normalized spacial score (nSPS) is 14.9. The van der Waals surface area contributed by atoms with Gasteiger partial charge in [-0.3, -0.25) is 0 Å². The van der Waals surface area contributed by atoms with Gasteiger partial charge in [-0.1, -0.05) is 91.0 Å². The second-order valence-corrected chi connectivity index (χ2v) is 8.50. The Morgan fingerprint density at radius 3 is 1.82 bits per heavy atom. The lowest BCUT2D eigenvalue weighted by Gasteiger charge is -2.17. The van der Waals surface area contributed by atoms with Gasteiger partial charge in [0.05, 0.1) is 6.42 Å². The summed E-state index contributed by atoms with van der Waals surface area (Å²) in [5.41, 5.74) is 2.44. The molecule has 4 rings (SSSR count). The van der Waals surface area contributed by atoms with Crippen LogP contribution < -0.4 is 5.32 Å². The van der Waals surface area contributed by atoms with Crippen LogP contribution in [0.15, 0.2) is 96.0 Å². The number of aliphatic imine (C=N–C) groups is 1. The predicted octanol–water partition coefficient (Wildman–Crippen LogP) is 3.96.